The molecule has 2 amide bonds. The van der Waals surface area contributed by atoms with Gasteiger partial charge in [0, 0.05) is 31.7 Å². The van der Waals surface area contributed by atoms with E-state index in [0.29, 0.717) is 60.5 Å². The van der Waals surface area contributed by atoms with Gasteiger partial charge >= 0.3 is 0 Å². The Kier molecular flexibility index (Phi) is 7.45. The highest BCUT2D eigenvalue weighted by Gasteiger charge is 2.36. The van der Waals surface area contributed by atoms with Gasteiger partial charge < -0.3 is 29.3 Å². The van der Waals surface area contributed by atoms with Crippen LogP contribution in [0, 0.1) is 0 Å². The third-order valence-corrected chi connectivity index (χ3v) is 7.43. The maximum atomic E-state index is 13.3. The first kappa shape index (κ1) is 26.0. The minimum atomic E-state index is -0.364. The molecule has 40 heavy (non-hydrogen) atoms. The molecule has 5 heterocycles. The van der Waals surface area contributed by atoms with Gasteiger partial charge in [-0.05, 0) is 37.5 Å². The van der Waals surface area contributed by atoms with Crippen molar-refractivity contribution in [3.63, 3.8) is 0 Å². The predicted molar refractivity (Wildman–Crippen MR) is 142 cm³/mol. The van der Waals surface area contributed by atoms with Crippen molar-refractivity contribution >= 4 is 17.6 Å². The fourth-order valence-electron chi connectivity index (χ4n) is 5.28. The molecule has 13 nitrogen and oxygen atoms in total. The summed E-state index contributed by atoms with van der Waals surface area (Å²) in [5, 5.41) is 11.5. The first-order valence-corrected chi connectivity index (χ1v) is 13.6. The minimum absolute atomic E-state index is 0.104. The van der Waals surface area contributed by atoms with Crippen LogP contribution >= 0.6 is 0 Å². The highest BCUT2D eigenvalue weighted by Crippen LogP contribution is 2.29. The van der Waals surface area contributed by atoms with E-state index in [1.807, 2.05) is 16.0 Å². The van der Waals surface area contributed by atoms with Gasteiger partial charge in [-0.25, -0.2) is 9.67 Å². The Hall–Kier alpha value is -4.26. The Morgan fingerprint density at radius 1 is 1.12 bits per heavy atom. The molecule has 1 aromatic carbocycles. The summed E-state index contributed by atoms with van der Waals surface area (Å²) in [6, 6.07) is 4.73. The molecular weight excluding hydrogens is 516 g/mol. The van der Waals surface area contributed by atoms with Gasteiger partial charge in [-0.3, -0.25) is 14.6 Å². The molecule has 0 spiro atoms. The summed E-state index contributed by atoms with van der Waals surface area (Å²) < 4.78 is 19.3. The third-order valence-electron chi connectivity index (χ3n) is 7.43. The number of amides is 2. The van der Waals surface area contributed by atoms with Crippen molar-refractivity contribution in [3.8, 4) is 11.5 Å². The zero-order chi connectivity index (χ0) is 27.5. The lowest BCUT2D eigenvalue weighted by molar-refractivity contribution is 0.0347. The lowest BCUT2D eigenvalue weighted by Crippen LogP contribution is -2.44. The van der Waals surface area contributed by atoms with Gasteiger partial charge in [0.05, 0.1) is 51.0 Å². The van der Waals surface area contributed by atoms with E-state index in [4.69, 9.17) is 14.2 Å². The molecule has 210 valence electrons. The van der Waals surface area contributed by atoms with Gasteiger partial charge in [-0.2, -0.15) is 0 Å². The molecule has 0 aliphatic carbocycles. The molecule has 6 rings (SSSR count). The number of hydrogen-bond acceptors (Lipinski definition) is 10. The van der Waals surface area contributed by atoms with Crippen molar-refractivity contribution in [2.24, 2.45) is 0 Å². The Bertz CT molecular complexity index is 1370. The van der Waals surface area contributed by atoms with Crippen LogP contribution in [0.25, 0.3) is 0 Å². The minimum Gasteiger partial charge on any atom is -0.493 e. The third kappa shape index (κ3) is 5.55. The number of hydrogen-bond donors (Lipinski definition) is 1. The van der Waals surface area contributed by atoms with E-state index in [0.717, 1.165) is 32.4 Å². The van der Waals surface area contributed by atoms with E-state index in [2.05, 4.69) is 25.6 Å². The second-order valence-electron chi connectivity index (χ2n) is 10.1. The van der Waals surface area contributed by atoms with E-state index < -0.39 is 0 Å². The van der Waals surface area contributed by atoms with Crippen LogP contribution in [0.5, 0.6) is 11.5 Å². The van der Waals surface area contributed by atoms with Crippen LogP contribution in [0.3, 0.4) is 0 Å². The van der Waals surface area contributed by atoms with Crippen molar-refractivity contribution < 1.29 is 23.8 Å². The Labute approximate surface area is 231 Å². The van der Waals surface area contributed by atoms with E-state index in [9.17, 15) is 9.59 Å². The van der Waals surface area contributed by atoms with Crippen LogP contribution in [0.1, 0.15) is 45.8 Å². The Morgan fingerprint density at radius 3 is 2.85 bits per heavy atom. The highest BCUT2D eigenvalue weighted by molar-refractivity contribution is 5.95. The van der Waals surface area contributed by atoms with Gasteiger partial charge in [-0.1, -0.05) is 5.21 Å². The van der Waals surface area contributed by atoms with E-state index in [1.165, 1.54) is 6.20 Å². The SMILES string of the molecule is COc1ccc2cc1OCCn1cc(nn1)CO[C@H]1CN(c3cncc(C(=O)N4CCCCC4)n3)C[C@@H]1NC2=O. The number of carbonyl (C=O) groups excluding carboxylic acids is 2. The van der Waals surface area contributed by atoms with Gasteiger partial charge in [0.15, 0.2) is 11.5 Å². The fraction of sp³-hybridized carbons (Fsp3) is 0.481. The zero-order valence-corrected chi connectivity index (χ0v) is 22.4. The van der Waals surface area contributed by atoms with Crippen molar-refractivity contribution in [3.05, 3.63) is 53.7 Å². The summed E-state index contributed by atoms with van der Waals surface area (Å²) in [5.74, 6) is 1.20. The lowest BCUT2D eigenvalue weighted by atomic mass is 10.1. The molecule has 0 unspecified atom stereocenters. The number of piperidine rings is 1. The maximum Gasteiger partial charge on any atom is 0.274 e. The summed E-state index contributed by atoms with van der Waals surface area (Å²) in [6.07, 6.45) is 7.75. The summed E-state index contributed by atoms with van der Waals surface area (Å²) in [4.78, 5) is 39.2. The van der Waals surface area contributed by atoms with Crippen LogP contribution in [0.2, 0.25) is 0 Å². The lowest BCUT2D eigenvalue weighted by Gasteiger charge is -2.26. The number of likely N-dealkylation sites (tertiary alicyclic amines) is 1. The predicted octanol–water partition coefficient (Wildman–Crippen LogP) is 1.30. The quantitative estimate of drug-likeness (QED) is 0.510. The first-order chi connectivity index (χ1) is 19.6. The monoisotopic (exact) mass is 548 g/mol. The molecule has 2 aromatic heterocycles. The molecule has 0 saturated carbocycles. The zero-order valence-electron chi connectivity index (χ0n) is 22.4. The first-order valence-electron chi connectivity index (χ1n) is 13.6. The molecule has 3 aromatic rings. The summed E-state index contributed by atoms with van der Waals surface area (Å²) >= 11 is 0. The maximum absolute atomic E-state index is 13.3. The molecule has 3 aliphatic heterocycles. The highest BCUT2D eigenvalue weighted by atomic mass is 16.5. The number of nitrogens with one attached hydrogen (secondary N) is 1. The van der Waals surface area contributed by atoms with E-state index in [-0.39, 0.29) is 30.6 Å². The Balaban J connectivity index is 1.25. The molecule has 3 aliphatic rings. The van der Waals surface area contributed by atoms with Crippen molar-refractivity contribution in [2.75, 3.05) is 44.8 Å². The molecule has 13 heteroatoms. The molecule has 0 radical (unpaired) electrons. The number of rotatable bonds is 3. The number of aromatic nitrogens is 5. The number of nitrogens with zero attached hydrogens (tertiary/aromatic N) is 7. The molecule has 4 bridgehead atoms. The molecule has 2 atom stereocenters. The normalized spacial score (nSPS) is 21.5. The average Bonchev–Trinajstić information content (AvgIpc) is 3.62. The standard InChI is InChI=1S/C27H32N8O5/c1-38-22-6-5-18-11-23(22)39-10-9-35-14-19(31-32-35)17-40-24-16-34(15-21(24)30-26(18)36)25-13-28-12-20(29-25)27(37)33-7-3-2-4-8-33/h5-6,11-14,21,24H,2-4,7-10,15-17H2,1H3,(H,30,36)/t21-,24-/m0/s1. The summed E-state index contributed by atoms with van der Waals surface area (Å²) in [6.45, 7) is 3.38. The number of carbonyl (C=O) groups is 2. The molecule has 1 N–H and O–H groups in total. The van der Waals surface area contributed by atoms with Crippen molar-refractivity contribution in [1.82, 2.24) is 35.2 Å². The molecule has 2 fully saturated rings. The summed E-state index contributed by atoms with van der Waals surface area (Å²) in [7, 11) is 1.56. The number of methoxy groups -OCH3 is 1. The second kappa shape index (κ2) is 11.5. The molecule has 2 saturated heterocycles. The number of ether oxygens (including phenoxy) is 3. The van der Waals surface area contributed by atoms with Crippen LogP contribution in [-0.2, 0) is 17.9 Å². The average molecular weight is 549 g/mol. The van der Waals surface area contributed by atoms with E-state index in [1.54, 1.807) is 36.2 Å². The van der Waals surface area contributed by atoms with Crippen LogP contribution in [0.4, 0.5) is 5.82 Å². The van der Waals surface area contributed by atoms with Crippen LogP contribution < -0.4 is 19.7 Å². The van der Waals surface area contributed by atoms with Crippen LogP contribution in [0.15, 0.2) is 36.8 Å². The fourth-order valence-corrected chi connectivity index (χ4v) is 5.28. The van der Waals surface area contributed by atoms with Gasteiger partial charge in [0.1, 0.15) is 23.8 Å². The van der Waals surface area contributed by atoms with Crippen molar-refractivity contribution in [1.29, 1.82) is 0 Å². The van der Waals surface area contributed by atoms with Gasteiger partial charge in [0.2, 0.25) is 0 Å². The number of benzene rings is 1. The summed E-state index contributed by atoms with van der Waals surface area (Å²) in [5.41, 5.74) is 1.44. The number of fused-ring (bicyclic) bond motifs is 5. The Morgan fingerprint density at radius 2 is 2.00 bits per heavy atom. The molecular formula is C27H32N8O5. The largest absolute Gasteiger partial charge is 0.493 e. The van der Waals surface area contributed by atoms with Crippen molar-refractivity contribution in [2.45, 2.75) is 44.6 Å². The number of anilines is 1. The smallest absolute Gasteiger partial charge is 0.274 e. The topological polar surface area (TPSA) is 137 Å². The second-order valence-corrected chi connectivity index (χ2v) is 10.1. The van der Waals surface area contributed by atoms with E-state index >= 15 is 0 Å². The van der Waals surface area contributed by atoms with Gasteiger partial charge in [-0.15, -0.1) is 5.10 Å². The van der Waals surface area contributed by atoms with Crippen LogP contribution in [-0.4, -0.2) is 93.7 Å². The van der Waals surface area contributed by atoms with Gasteiger partial charge in [0.25, 0.3) is 11.8 Å².